The molecular formula is C29H33NO4. The van der Waals surface area contributed by atoms with Gasteiger partial charge in [0.25, 0.3) is 0 Å². The van der Waals surface area contributed by atoms with Gasteiger partial charge in [0, 0.05) is 18.0 Å². The van der Waals surface area contributed by atoms with Gasteiger partial charge in [0.05, 0.1) is 0 Å². The third-order valence-electron chi connectivity index (χ3n) is 7.21. The van der Waals surface area contributed by atoms with Gasteiger partial charge in [-0.2, -0.15) is 0 Å². The molecule has 2 heterocycles. The summed E-state index contributed by atoms with van der Waals surface area (Å²) in [7, 11) is 0. The van der Waals surface area contributed by atoms with Gasteiger partial charge in [-0.05, 0) is 91.9 Å². The van der Waals surface area contributed by atoms with E-state index in [-0.39, 0.29) is 29.4 Å². The molecule has 178 valence electrons. The van der Waals surface area contributed by atoms with Crippen molar-refractivity contribution >= 4 is 0 Å². The summed E-state index contributed by atoms with van der Waals surface area (Å²) in [6.45, 7) is 6.20. The van der Waals surface area contributed by atoms with Crippen LogP contribution in [-0.2, 0) is 0 Å². The molecule has 3 aromatic carbocycles. The normalized spacial score (nSPS) is 22.2. The van der Waals surface area contributed by atoms with Gasteiger partial charge < -0.3 is 19.7 Å². The number of fused-ring (bicyclic) bond motifs is 1. The van der Waals surface area contributed by atoms with Crippen LogP contribution in [0, 0.1) is 0 Å². The maximum atomic E-state index is 10.1. The van der Waals surface area contributed by atoms with Crippen LogP contribution < -0.4 is 9.47 Å². The van der Waals surface area contributed by atoms with E-state index < -0.39 is 0 Å². The molecule has 0 aliphatic carbocycles. The second-order valence-electron chi connectivity index (χ2n) is 9.36. The molecule has 2 aliphatic heterocycles. The Hall–Kier alpha value is -3.18. The number of aromatic hydroxyl groups is 2. The zero-order valence-corrected chi connectivity index (χ0v) is 19.7. The summed E-state index contributed by atoms with van der Waals surface area (Å²) in [5, 5.41) is 20.0. The van der Waals surface area contributed by atoms with Crippen LogP contribution in [0.25, 0.3) is 0 Å². The zero-order valence-electron chi connectivity index (χ0n) is 19.7. The minimum atomic E-state index is -0.190. The van der Waals surface area contributed by atoms with Gasteiger partial charge in [0.2, 0.25) is 0 Å². The Morgan fingerprint density at radius 1 is 0.882 bits per heavy atom. The first-order valence-corrected chi connectivity index (χ1v) is 12.4. The monoisotopic (exact) mass is 459 g/mol. The molecule has 1 fully saturated rings. The summed E-state index contributed by atoms with van der Waals surface area (Å²) in [5.74, 6) is 2.40. The van der Waals surface area contributed by atoms with Gasteiger partial charge in [-0.3, -0.25) is 4.90 Å². The van der Waals surface area contributed by atoms with Gasteiger partial charge in [0.1, 0.15) is 35.7 Å². The SMILES string of the molecule is CCC1c2cc(O)ccc2OC(c2ccc(OCCN3CCCC3)cc2)C1c1ccc(O)cc1. The summed E-state index contributed by atoms with van der Waals surface area (Å²) in [5.41, 5.74) is 3.22. The van der Waals surface area contributed by atoms with Crippen molar-refractivity contribution in [2.75, 3.05) is 26.2 Å². The summed E-state index contributed by atoms with van der Waals surface area (Å²) in [4.78, 5) is 2.45. The van der Waals surface area contributed by atoms with Crippen LogP contribution in [0.5, 0.6) is 23.0 Å². The highest BCUT2D eigenvalue weighted by Crippen LogP contribution is 2.53. The fraction of sp³-hybridized carbons (Fsp3) is 0.379. The molecule has 0 aromatic heterocycles. The van der Waals surface area contributed by atoms with Crippen LogP contribution in [0.1, 0.15) is 60.8 Å². The maximum Gasteiger partial charge on any atom is 0.131 e. The Kier molecular flexibility index (Phi) is 6.63. The molecule has 0 radical (unpaired) electrons. The number of hydrogen-bond donors (Lipinski definition) is 2. The molecular weight excluding hydrogens is 426 g/mol. The molecule has 34 heavy (non-hydrogen) atoms. The number of likely N-dealkylation sites (tertiary alicyclic amines) is 1. The van der Waals surface area contributed by atoms with E-state index in [1.54, 1.807) is 18.2 Å². The lowest BCUT2D eigenvalue weighted by atomic mass is 9.73. The van der Waals surface area contributed by atoms with Crippen LogP contribution in [0.15, 0.2) is 66.7 Å². The predicted octanol–water partition coefficient (Wildman–Crippen LogP) is 5.98. The van der Waals surface area contributed by atoms with Crippen molar-refractivity contribution in [1.29, 1.82) is 0 Å². The zero-order chi connectivity index (χ0) is 23.5. The quantitative estimate of drug-likeness (QED) is 0.455. The van der Waals surface area contributed by atoms with E-state index >= 15 is 0 Å². The number of rotatable bonds is 7. The number of nitrogens with zero attached hydrogens (tertiary/aromatic N) is 1. The van der Waals surface area contributed by atoms with Gasteiger partial charge >= 0.3 is 0 Å². The highest BCUT2D eigenvalue weighted by molar-refractivity contribution is 5.48. The standard InChI is InChI=1S/C29H33NO4/c1-2-25-26-19-23(32)11-14-27(26)34-29(28(25)20-5-9-22(31)10-6-20)21-7-12-24(13-8-21)33-18-17-30-15-3-4-16-30/h5-14,19,25,28-29,31-32H,2-4,15-18H2,1H3. The summed E-state index contributed by atoms with van der Waals surface area (Å²) >= 11 is 0. The molecule has 1 saturated heterocycles. The summed E-state index contributed by atoms with van der Waals surface area (Å²) in [6.07, 6.45) is 3.30. The number of phenols is 2. The lowest BCUT2D eigenvalue weighted by Gasteiger charge is -2.40. The lowest BCUT2D eigenvalue weighted by Crippen LogP contribution is -2.28. The lowest BCUT2D eigenvalue weighted by molar-refractivity contribution is 0.131. The summed E-state index contributed by atoms with van der Waals surface area (Å²) in [6, 6.07) is 21.0. The van der Waals surface area contributed by atoms with Crippen molar-refractivity contribution < 1.29 is 19.7 Å². The average molecular weight is 460 g/mol. The van der Waals surface area contributed by atoms with Gasteiger partial charge in [-0.15, -0.1) is 0 Å². The molecule has 0 amide bonds. The fourth-order valence-electron chi connectivity index (χ4n) is 5.45. The molecule has 5 heteroatoms. The van der Waals surface area contributed by atoms with Crippen molar-refractivity contribution in [1.82, 2.24) is 4.90 Å². The van der Waals surface area contributed by atoms with Gasteiger partial charge in [0.15, 0.2) is 0 Å². The van der Waals surface area contributed by atoms with Crippen LogP contribution in [0.2, 0.25) is 0 Å². The first-order chi connectivity index (χ1) is 16.6. The molecule has 3 unspecified atom stereocenters. The fourth-order valence-corrected chi connectivity index (χ4v) is 5.45. The van der Waals surface area contributed by atoms with E-state index in [0.717, 1.165) is 41.2 Å². The van der Waals surface area contributed by atoms with Crippen LogP contribution in [0.3, 0.4) is 0 Å². The van der Waals surface area contributed by atoms with Gasteiger partial charge in [-0.1, -0.05) is 31.2 Å². The predicted molar refractivity (Wildman–Crippen MR) is 133 cm³/mol. The number of hydrogen-bond acceptors (Lipinski definition) is 5. The molecule has 2 aliphatic rings. The van der Waals surface area contributed by atoms with Crippen LogP contribution in [0.4, 0.5) is 0 Å². The Morgan fingerprint density at radius 3 is 2.26 bits per heavy atom. The van der Waals surface area contributed by atoms with E-state index in [0.29, 0.717) is 6.61 Å². The van der Waals surface area contributed by atoms with E-state index in [9.17, 15) is 10.2 Å². The minimum absolute atomic E-state index is 0.0434. The molecule has 0 saturated carbocycles. The topological polar surface area (TPSA) is 62.2 Å². The Labute approximate surface area is 201 Å². The largest absolute Gasteiger partial charge is 0.508 e. The molecule has 0 bridgehead atoms. The first kappa shape index (κ1) is 22.6. The third kappa shape index (κ3) is 4.71. The van der Waals surface area contributed by atoms with Crippen molar-refractivity contribution in [3.8, 4) is 23.0 Å². The highest BCUT2D eigenvalue weighted by Gasteiger charge is 2.39. The van der Waals surface area contributed by atoms with Crippen molar-refractivity contribution in [2.24, 2.45) is 0 Å². The Balaban J connectivity index is 1.41. The van der Waals surface area contributed by atoms with Crippen molar-refractivity contribution in [2.45, 2.75) is 44.1 Å². The smallest absolute Gasteiger partial charge is 0.131 e. The van der Waals surface area contributed by atoms with E-state index in [1.807, 2.05) is 36.4 Å². The third-order valence-corrected chi connectivity index (χ3v) is 7.21. The highest BCUT2D eigenvalue weighted by atomic mass is 16.5. The molecule has 3 atom stereocenters. The number of phenolic OH excluding ortho intramolecular Hbond substituents is 2. The molecule has 2 N–H and O–H groups in total. The Morgan fingerprint density at radius 2 is 1.56 bits per heavy atom. The summed E-state index contributed by atoms with van der Waals surface area (Å²) < 4.78 is 12.6. The second kappa shape index (κ2) is 9.98. The maximum absolute atomic E-state index is 10.1. The van der Waals surface area contributed by atoms with Crippen molar-refractivity contribution in [3.05, 3.63) is 83.4 Å². The molecule has 3 aromatic rings. The number of ether oxygens (including phenoxy) is 2. The van der Waals surface area contributed by atoms with Crippen LogP contribution in [-0.4, -0.2) is 41.4 Å². The van der Waals surface area contributed by atoms with E-state index in [4.69, 9.17) is 9.47 Å². The molecule has 0 spiro atoms. The van der Waals surface area contributed by atoms with Gasteiger partial charge in [-0.25, -0.2) is 0 Å². The molecule has 5 rings (SSSR count). The second-order valence-corrected chi connectivity index (χ2v) is 9.36. The number of benzene rings is 3. The van der Waals surface area contributed by atoms with E-state index in [1.165, 1.54) is 25.9 Å². The average Bonchev–Trinajstić information content (AvgIpc) is 3.37. The Bertz CT molecular complexity index is 1090. The molecule has 5 nitrogen and oxygen atoms in total. The first-order valence-electron chi connectivity index (χ1n) is 12.4. The van der Waals surface area contributed by atoms with Crippen molar-refractivity contribution in [3.63, 3.8) is 0 Å². The minimum Gasteiger partial charge on any atom is -0.508 e. The van der Waals surface area contributed by atoms with E-state index in [2.05, 4.69) is 24.0 Å². The van der Waals surface area contributed by atoms with Crippen LogP contribution >= 0.6 is 0 Å².